The van der Waals surface area contributed by atoms with Crippen molar-refractivity contribution in [3.8, 4) is 11.5 Å². The highest BCUT2D eigenvalue weighted by Crippen LogP contribution is 2.34. The molecular weight excluding hydrogens is 284 g/mol. The van der Waals surface area contributed by atoms with Crippen LogP contribution in [0.25, 0.3) is 0 Å². The SMILES string of the molecule is COCC1(C(N)=O)CCCN1Cc1ccc(OC)cc1OC. The van der Waals surface area contributed by atoms with Gasteiger partial charge in [-0.3, -0.25) is 9.69 Å². The number of ether oxygens (including phenoxy) is 3. The lowest BCUT2D eigenvalue weighted by atomic mass is 9.95. The predicted molar refractivity (Wildman–Crippen MR) is 83.0 cm³/mol. The van der Waals surface area contributed by atoms with Gasteiger partial charge in [-0.15, -0.1) is 0 Å². The number of nitrogens with two attached hydrogens (primary N) is 1. The summed E-state index contributed by atoms with van der Waals surface area (Å²) in [6.07, 6.45) is 1.64. The van der Waals surface area contributed by atoms with Crippen LogP contribution >= 0.6 is 0 Å². The summed E-state index contributed by atoms with van der Waals surface area (Å²) < 4.78 is 15.9. The lowest BCUT2D eigenvalue weighted by Crippen LogP contribution is -2.56. The number of benzene rings is 1. The van der Waals surface area contributed by atoms with Gasteiger partial charge in [-0.1, -0.05) is 6.07 Å². The highest BCUT2D eigenvalue weighted by atomic mass is 16.5. The summed E-state index contributed by atoms with van der Waals surface area (Å²) in [5, 5.41) is 0. The fraction of sp³-hybridized carbons (Fsp3) is 0.562. The molecule has 1 aliphatic rings. The highest BCUT2D eigenvalue weighted by Gasteiger charge is 2.46. The average molecular weight is 308 g/mol. The Bertz CT molecular complexity index is 535. The quantitative estimate of drug-likeness (QED) is 0.818. The van der Waals surface area contributed by atoms with Gasteiger partial charge in [0, 0.05) is 25.3 Å². The molecule has 1 fully saturated rings. The maximum absolute atomic E-state index is 12.0. The van der Waals surface area contributed by atoms with Gasteiger partial charge in [0.25, 0.3) is 0 Å². The fourth-order valence-electron chi connectivity index (χ4n) is 3.11. The van der Waals surface area contributed by atoms with Gasteiger partial charge in [0.05, 0.1) is 20.8 Å². The second-order valence-electron chi connectivity index (χ2n) is 5.53. The number of methoxy groups -OCH3 is 3. The van der Waals surface area contributed by atoms with E-state index in [1.54, 1.807) is 21.3 Å². The molecule has 0 aliphatic carbocycles. The molecule has 1 amide bonds. The summed E-state index contributed by atoms with van der Waals surface area (Å²) in [5.74, 6) is 1.14. The molecule has 6 heteroatoms. The summed E-state index contributed by atoms with van der Waals surface area (Å²) >= 11 is 0. The van der Waals surface area contributed by atoms with E-state index in [4.69, 9.17) is 19.9 Å². The maximum atomic E-state index is 12.0. The number of carbonyl (C=O) groups excluding carboxylic acids is 1. The van der Waals surface area contributed by atoms with Crippen molar-refractivity contribution in [3.63, 3.8) is 0 Å². The molecule has 1 aromatic rings. The summed E-state index contributed by atoms with van der Waals surface area (Å²) in [6, 6.07) is 5.68. The summed E-state index contributed by atoms with van der Waals surface area (Å²) in [7, 11) is 4.83. The van der Waals surface area contributed by atoms with E-state index in [1.165, 1.54) is 0 Å². The smallest absolute Gasteiger partial charge is 0.240 e. The van der Waals surface area contributed by atoms with Crippen LogP contribution in [0.1, 0.15) is 18.4 Å². The van der Waals surface area contributed by atoms with Gasteiger partial charge >= 0.3 is 0 Å². The Labute approximate surface area is 131 Å². The largest absolute Gasteiger partial charge is 0.497 e. The van der Waals surface area contributed by atoms with E-state index in [9.17, 15) is 4.79 Å². The molecule has 1 aromatic carbocycles. The molecule has 1 atom stereocenters. The Kier molecular flexibility index (Phi) is 5.26. The lowest BCUT2D eigenvalue weighted by Gasteiger charge is -2.35. The number of hydrogen-bond acceptors (Lipinski definition) is 5. The molecule has 0 saturated carbocycles. The van der Waals surface area contributed by atoms with Crippen LogP contribution in [0.3, 0.4) is 0 Å². The first kappa shape index (κ1) is 16.6. The van der Waals surface area contributed by atoms with Crippen molar-refractivity contribution >= 4 is 5.91 Å². The average Bonchev–Trinajstić information content (AvgIpc) is 2.92. The van der Waals surface area contributed by atoms with Crippen molar-refractivity contribution in [3.05, 3.63) is 23.8 Å². The lowest BCUT2D eigenvalue weighted by molar-refractivity contribution is -0.132. The zero-order valence-corrected chi connectivity index (χ0v) is 13.4. The first-order chi connectivity index (χ1) is 10.6. The van der Waals surface area contributed by atoms with Gasteiger partial charge in [-0.2, -0.15) is 0 Å². The number of rotatable bonds is 7. The van der Waals surface area contributed by atoms with Gasteiger partial charge < -0.3 is 19.9 Å². The minimum absolute atomic E-state index is 0.306. The topological polar surface area (TPSA) is 74.0 Å². The summed E-state index contributed by atoms with van der Waals surface area (Å²) in [5.41, 5.74) is 5.92. The Morgan fingerprint density at radius 1 is 1.32 bits per heavy atom. The molecule has 1 aliphatic heterocycles. The molecular formula is C16H24N2O4. The van der Waals surface area contributed by atoms with Crippen LogP contribution < -0.4 is 15.2 Å². The van der Waals surface area contributed by atoms with E-state index in [2.05, 4.69) is 4.90 Å². The highest BCUT2D eigenvalue weighted by molar-refractivity contribution is 5.85. The number of carbonyl (C=O) groups is 1. The molecule has 22 heavy (non-hydrogen) atoms. The molecule has 6 nitrogen and oxygen atoms in total. The van der Waals surface area contributed by atoms with Crippen molar-refractivity contribution in [2.45, 2.75) is 24.9 Å². The molecule has 0 aromatic heterocycles. The zero-order valence-electron chi connectivity index (χ0n) is 13.4. The van der Waals surface area contributed by atoms with Crippen LogP contribution in [0.2, 0.25) is 0 Å². The maximum Gasteiger partial charge on any atom is 0.240 e. The van der Waals surface area contributed by atoms with Gasteiger partial charge in [0.15, 0.2) is 0 Å². The third-order valence-corrected chi connectivity index (χ3v) is 4.32. The monoisotopic (exact) mass is 308 g/mol. The standard InChI is InChI=1S/C16H24N2O4/c1-20-11-16(15(17)19)7-4-8-18(16)10-12-5-6-13(21-2)9-14(12)22-3/h5-6,9H,4,7-8,10-11H2,1-3H3,(H2,17,19). The molecule has 0 radical (unpaired) electrons. The summed E-state index contributed by atoms with van der Waals surface area (Å²) in [6.45, 7) is 1.70. The Hall–Kier alpha value is -1.79. The van der Waals surface area contributed by atoms with Crippen LogP contribution in [0.15, 0.2) is 18.2 Å². The molecule has 2 N–H and O–H groups in total. The second kappa shape index (κ2) is 6.98. The van der Waals surface area contributed by atoms with Crippen molar-refractivity contribution in [2.75, 3.05) is 34.5 Å². The van der Waals surface area contributed by atoms with Crippen LogP contribution in [0, 0.1) is 0 Å². The van der Waals surface area contributed by atoms with Crippen LogP contribution in [-0.2, 0) is 16.1 Å². The van der Waals surface area contributed by atoms with E-state index >= 15 is 0 Å². The van der Waals surface area contributed by atoms with E-state index < -0.39 is 5.54 Å². The molecule has 0 spiro atoms. The van der Waals surface area contributed by atoms with Crippen molar-refractivity contribution < 1.29 is 19.0 Å². The fourth-order valence-corrected chi connectivity index (χ4v) is 3.11. The number of nitrogens with zero attached hydrogens (tertiary/aromatic N) is 1. The normalized spacial score (nSPS) is 21.8. The molecule has 1 saturated heterocycles. The minimum atomic E-state index is -0.736. The van der Waals surface area contributed by atoms with Crippen molar-refractivity contribution in [1.29, 1.82) is 0 Å². The number of amides is 1. The van der Waals surface area contributed by atoms with Crippen molar-refractivity contribution in [2.24, 2.45) is 5.73 Å². The van der Waals surface area contributed by atoms with Crippen LogP contribution in [-0.4, -0.2) is 50.8 Å². The molecule has 122 valence electrons. The Morgan fingerprint density at radius 3 is 2.68 bits per heavy atom. The number of hydrogen-bond donors (Lipinski definition) is 1. The van der Waals surface area contributed by atoms with Gasteiger partial charge in [0.1, 0.15) is 17.0 Å². The minimum Gasteiger partial charge on any atom is -0.497 e. The first-order valence-electron chi connectivity index (χ1n) is 7.32. The summed E-state index contributed by atoms with van der Waals surface area (Å²) in [4.78, 5) is 14.1. The van der Waals surface area contributed by atoms with E-state index in [-0.39, 0.29) is 5.91 Å². The third kappa shape index (κ3) is 3.03. The molecule has 2 rings (SSSR count). The van der Waals surface area contributed by atoms with Crippen LogP contribution in [0.5, 0.6) is 11.5 Å². The Morgan fingerprint density at radius 2 is 2.09 bits per heavy atom. The van der Waals surface area contributed by atoms with Gasteiger partial charge in [-0.25, -0.2) is 0 Å². The van der Waals surface area contributed by atoms with Crippen molar-refractivity contribution in [1.82, 2.24) is 4.90 Å². The first-order valence-corrected chi connectivity index (χ1v) is 7.32. The van der Waals surface area contributed by atoms with E-state index in [0.29, 0.717) is 19.6 Å². The second-order valence-corrected chi connectivity index (χ2v) is 5.53. The molecule has 1 heterocycles. The van der Waals surface area contributed by atoms with Gasteiger partial charge in [0.2, 0.25) is 5.91 Å². The predicted octanol–water partition coefficient (Wildman–Crippen LogP) is 1.17. The zero-order chi connectivity index (χ0) is 16.2. The molecule has 0 bridgehead atoms. The van der Waals surface area contributed by atoms with Gasteiger partial charge in [-0.05, 0) is 25.5 Å². The van der Waals surface area contributed by atoms with E-state index in [0.717, 1.165) is 30.0 Å². The number of primary amides is 1. The van der Waals surface area contributed by atoms with E-state index in [1.807, 2.05) is 18.2 Å². The number of likely N-dealkylation sites (tertiary alicyclic amines) is 1. The third-order valence-electron chi connectivity index (χ3n) is 4.32. The molecule has 1 unspecified atom stereocenters. The Balaban J connectivity index is 2.27. The van der Waals surface area contributed by atoms with Crippen LogP contribution in [0.4, 0.5) is 0 Å².